The van der Waals surface area contributed by atoms with Crippen molar-refractivity contribution in [2.24, 2.45) is 0 Å². The van der Waals surface area contributed by atoms with Crippen molar-refractivity contribution in [2.45, 2.75) is 31.3 Å². The average molecular weight is 376 g/mol. The van der Waals surface area contributed by atoms with E-state index in [0.717, 1.165) is 18.9 Å². The number of carbonyl (C=O) groups excluding carboxylic acids is 1. The molecule has 0 aromatic heterocycles. The number of para-hydroxylation sites is 1. The maximum Gasteiger partial charge on any atom is 0.416 e. The molecule has 0 aliphatic carbocycles. The number of nitrogens with zero attached hydrogens (tertiary/aromatic N) is 1. The minimum absolute atomic E-state index is 0.0332. The normalized spacial score (nSPS) is 22.5. The number of fused-ring (bicyclic) bond motifs is 1. The van der Waals surface area contributed by atoms with Crippen molar-refractivity contribution in [1.82, 2.24) is 4.90 Å². The Labute approximate surface area is 154 Å². The summed E-state index contributed by atoms with van der Waals surface area (Å²) in [5.74, 6) is -0.290. The Bertz CT molecular complexity index is 847. The summed E-state index contributed by atoms with van der Waals surface area (Å²) in [5, 5.41) is 3.13. The number of halogens is 3. The highest BCUT2D eigenvalue weighted by atomic mass is 19.4. The highest BCUT2D eigenvalue weighted by Gasteiger charge is 2.40. The van der Waals surface area contributed by atoms with Crippen LogP contribution < -0.4 is 5.32 Å². The number of hydrogen-bond acceptors (Lipinski definition) is 3. The van der Waals surface area contributed by atoms with Gasteiger partial charge in [-0.05, 0) is 31.0 Å². The second kappa shape index (κ2) is 6.88. The third-order valence-corrected chi connectivity index (χ3v) is 5.01. The Morgan fingerprint density at radius 1 is 1.11 bits per heavy atom. The standard InChI is InChI=1S/C20H19F3N2O2/c21-20(22,23)16-9-3-1-7-14(16)18-24-17-10-4-2-8-15(17)19(26)25(18)12-13-6-5-11-27-13/h1-4,7-10,13,18,24H,5-6,11-12H2/t13-,18-/m1/s1. The highest BCUT2D eigenvalue weighted by Crippen LogP contribution is 2.40. The summed E-state index contributed by atoms with van der Waals surface area (Å²) in [6, 6.07) is 12.3. The number of amides is 1. The predicted molar refractivity (Wildman–Crippen MR) is 94.3 cm³/mol. The van der Waals surface area contributed by atoms with Crippen LogP contribution in [-0.2, 0) is 10.9 Å². The molecule has 0 unspecified atom stereocenters. The first-order valence-corrected chi connectivity index (χ1v) is 8.89. The molecule has 142 valence electrons. The lowest BCUT2D eigenvalue weighted by molar-refractivity contribution is -0.138. The Kier molecular flexibility index (Phi) is 4.55. The van der Waals surface area contributed by atoms with Gasteiger partial charge in [0.25, 0.3) is 5.91 Å². The molecule has 0 bridgehead atoms. The molecule has 2 aliphatic heterocycles. The maximum atomic E-state index is 13.6. The van der Waals surface area contributed by atoms with E-state index in [1.807, 2.05) is 0 Å². The van der Waals surface area contributed by atoms with E-state index in [0.29, 0.717) is 17.9 Å². The summed E-state index contributed by atoms with van der Waals surface area (Å²) in [7, 11) is 0. The molecule has 0 radical (unpaired) electrons. The molecule has 2 aromatic rings. The molecular weight excluding hydrogens is 357 g/mol. The Morgan fingerprint density at radius 2 is 1.85 bits per heavy atom. The van der Waals surface area contributed by atoms with E-state index in [1.54, 1.807) is 30.3 Å². The van der Waals surface area contributed by atoms with Crippen molar-refractivity contribution >= 4 is 11.6 Å². The van der Waals surface area contributed by atoms with Gasteiger partial charge in [-0.15, -0.1) is 0 Å². The zero-order chi connectivity index (χ0) is 19.0. The Morgan fingerprint density at radius 3 is 2.59 bits per heavy atom. The third-order valence-electron chi connectivity index (χ3n) is 5.01. The van der Waals surface area contributed by atoms with Crippen LogP contribution in [0.1, 0.15) is 40.5 Å². The van der Waals surface area contributed by atoms with E-state index in [-0.39, 0.29) is 24.1 Å². The van der Waals surface area contributed by atoms with Gasteiger partial charge in [0.15, 0.2) is 0 Å². The van der Waals surface area contributed by atoms with Crippen molar-refractivity contribution in [3.05, 3.63) is 65.2 Å². The van der Waals surface area contributed by atoms with Gasteiger partial charge in [0, 0.05) is 24.4 Å². The molecule has 1 saturated heterocycles. The number of ether oxygens (including phenoxy) is 1. The third kappa shape index (κ3) is 3.39. The molecule has 2 aliphatic rings. The number of carbonyl (C=O) groups is 1. The molecule has 2 atom stereocenters. The van der Waals surface area contributed by atoms with Crippen LogP contribution in [0, 0.1) is 0 Å². The lowest BCUT2D eigenvalue weighted by atomic mass is 9.98. The van der Waals surface area contributed by atoms with Crippen molar-refractivity contribution in [2.75, 3.05) is 18.5 Å². The van der Waals surface area contributed by atoms with Gasteiger partial charge in [0.1, 0.15) is 6.17 Å². The van der Waals surface area contributed by atoms with Gasteiger partial charge in [0.2, 0.25) is 0 Å². The summed E-state index contributed by atoms with van der Waals surface area (Å²) < 4.78 is 46.3. The summed E-state index contributed by atoms with van der Waals surface area (Å²) in [4.78, 5) is 14.6. The van der Waals surface area contributed by atoms with Crippen LogP contribution in [0.25, 0.3) is 0 Å². The van der Waals surface area contributed by atoms with Gasteiger partial charge in [-0.25, -0.2) is 0 Å². The number of nitrogens with one attached hydrogen (secondary N) is 1. The lowest BCUT2D eigenvalue weighted by Crippen LogP contribution is -2.46. The molecule has 0 saturated carbocycles. The van der Waals surface area contributed by atoms with Crippen molar-refractivity contribution in [3.8, 4) is 0 Å². The van der Waals surface area contributed by atoms with Crippen LogP contribution in [0.4, 0.5) is 18.9 Å². The van der Waals surface area contributed by atoms with E-state index in [9.17, 15) is 18.0 Å². The molecule has 27 heavy (non-hydrogen) atoms. The minimum atomic E-state index is -4.51. The number of benzene rings is 2. The molecule has 7 heteroatoms. The van der Waals surface area contributed by atoms with E-state index >= 15 is 0 Å². The molecular formula is C20H19F3N2O2. The monoisotopic (exact) mass is 376 g/mol. The van der Waals surface area contributed by atoms with Gasteiger partial charge in [-0.2, -0.15) is 13.2 Å². The van der Waals surface area contributed by atoms with Crippen LogP contribution in [-0.4, -0.2) is 30.1 Å². The first kappa shape index (κ1) is 17.9. The van der Waals surface area contributed by atoms with Crippen molar-refractivity contribution in [1.29, 1.82) is 0 Å². The van der Waals surface area contributed by atoms with E-state index in [1.165, 1.54) is 17.0 Å². The second-order valence-corrected chi connectivity index (χ2v) is 6.77. The fourth-order valence-electron chi connectivity index (χ4n) is 3.73. The topological polar surface area (TPSA) is 41.6 Å². The number of rotatable bonds is 3. The fourth-order valence-corrected chi connectivity index (χ4v) is 3.73. The zero-order valence-corrected chi connectivity index (χ0v) is 14.5. The molecule has 0 spiro atoms. The van der Waals surface area contributed by atoms with E-state index in [4.69, 9.17) is 4.74 Å². The minimum Gasteiger partial charge on any atom is -0.376 e. The number of alkyl halides is 3. The zero-order valence-electron chi connectivity index (χ0n) is 14.5. The van der Waals surface area contributed by atoms with E-state index < -0.39 is 17.9 Å². The van der Waals surface area contributed by atoms with Gasteiger partial charge < -0.3 is 15.0 Å². The summed E-state index contributed by atoms with van der Waals surface area (Å²) in [5.41, 5.74) is 0.280. The number of hydrogen-bond donors (Lipinski definition) is 1. The van der Waals surface area contributed by atoms with Crippen LogP contribution in [0.15, 0.2) is 48.5 Å². The van der Waals surface area contributed by atoms with Gasteiger partial charge in [-0.1, -0.05) is 30.3 Å². The fraction of sp³-hybridized carbons (Fsp3) is 0.350. The maximum absolute atomic E-state index is 13.6. The number of anilines is 1. The van der Waals surface area contributed by atoms with Crippen LogP contribution >= 0.6 is 0 Å². The molecule has 1 N–H and O–H groups in total. The Hall–Kier alpha value is -2.54. The van der Waals surface area contributed by atoms with Crippen LogP contribution in [0.2, 0.25) is 0 Å². The highest BCUT2D eigenvalue weighted by molar-refractivity contribution is 6.01. The molecule has 1 fully saturated rings. The second-order valence-electron chi connectivity index (χ2n) is 6.77. The molecule has 4 nitrogen and oxygen atoms in total. The lowest BCUT2D eigenvalue weighted by Gasteiger charge is -2.40. The van der Waals surface area contributed by atoms with E-state index in [2.05, 4.69) is 5.32 Å². The quantitative estimate of drug-likeness (QED) is 0.861. The average Bonchev–Trinajstić information content (AvgIpc) is 3.16. The summed E-state index contributed by atoms with van der Waals surface area (Å²) >= 11 is 0. The molecule has 1 amide bonds. The van der Waals surface area contributed by atoms with Crippen molar-refractivity contribution < 1.29 is 22.7 Å². The Balaban J connectivity index is 1.78. The molecule has 2 heterocycles. The van der Waals surface area contributed by atoms with Crippen LogP contribution in [0.5, 0.6) is 0 Å². The molecule has 4 rings (SSSR count). The summed E-state index contributed by atoms with van der Waals surface area (Å²) in [6.07, 6.45) is -3.90. The molecule has 2 aromatic carbocycles. The van der Waals surface area contributed by atoms with Crippen LogP contribution in [0.3, 0.4) is 0 Å². The first-order chi connectivity index (χ1) is 12.9. The first-order valence-electron chi connectivity index (χ1n) is 8.89. The van der Waals surface area contributed by atoms with Crippen molar-refractivity contribution in [3.63, 3.8) is 0 Å². The van der Waals surface area contributed by atoms with Gasteiger partial charge >= 0.3 is 6.18 Å². The predicted octanol–water partition coefficient (Wildman–Crippen LogP) is 4.45. The van der Waals surface area contributed by atoms with Gasteiger partial charge in [-0.3, -0.25) is 4.79 Å². The largest absolute Gasteiger partial charge is 0.416 e. The smallest absolute Gasteiger partial charge is 0.376 e. The van der Waals surface area contributed by atoms with Gasteiger partial charge in [0.05, 0.1) is 17.2 Å². The SMILES string of the molecule is O=C1c2ccccc2N[C@@H](c2ccccc2C(F)(F)F)N1C[C@H]1CCCO1. The summed E-state index contributed by atoms with van der Waals surface area (Å²) in [6.45, 7) is 0.859.